The predicted molar refractivity (Wildman–Crippen MR) is 91.9 cm³/mol. The van der Waals surface area contributed by atoms with E-state index in [1.54, 1.807) is 17.0 Å². The smallest absolute Gasteiger partial charge is 0.399 e. The van der Waals surface area contributed by atoms with E-state index in [-0.39, 0.29) is 11.7 Å². The van der Waals surface area contributed by atoms with Gasteiger partial charge in [0.15, 0.2) is 0 Å². The molecule has 2 aliphatic heterocycles. The number of carbonyl (C=O) groups is 1. The first-order valence-corrected chi connectivity index (χ1v) is 8.41. The second kappa shape index (κ2) is 6.04. The second-order valence-corrected chi connectivity index (χ2v) is 7.45. The van der Waals surface area contributed by atoms with Crippen LogP contribution >= 0.6 is 0 Å². The Labute approximate surface area is 142 Å². The van der Waals surface area contributed by atoms with Crippen molar-refractivity contribution in [3.05, 3.63) is 24.0 Å². The molecule has 130 valence electrons. The van der Waals surface area contributed by atoms with Crippen LogP contribution in [0, 0.1) is 5.82 Å². The number of carbonyl (C=O) groups excluding carboxylic acids is 1. The average Bonchev–Trinajstić information content (AvgIpc) is 3.08. The molecule has 1 N–H and O–H groups in total. The fourth-order valence-corrected chi connectivity index (χ4v) is 2.87. The Morgan fingerprint density at radius 2 is 1.75 bits per heavy atom. The van der Waals surface area contributed by atoms with Gasteiger partial charge in [0.05, 0.1) is 16.9 Å². The number of urea groups is 1. The van der Waals surface area contributed by atoms with Gasteiger partial charge in [-0.2, -0.15) is 0 Å². The van der Waals surface area contributed by atoms with Crippen LogP contribution in [0.2, 0.25) is 0 Å². The molecule has 0 radical (unpaired) electrons. The Bertz CT molecular complexity index is 629. The molecule has 0 atom stereocenters. The minimum Gasteiger partial charge on any atom is -0.399 e. The summed E-state index contributed by atoms with van der Waals surface area (Å²) in [7, 11) is -0.618. The van der Waals surface area contributed by atoms with Crippen molar-refractivity contribution >= 4 is 24.3 Å². The molecule has 2 amide bonds. The van der Waals surface area contributed by atoms with E-state index >= 15 is 0 Å². The number of halogens is 1. The number of benzene rings is 1. The zero-order chi connectivity index (χ0) is 17.5. The lowest BCUT2D eigenvalue weighted by molar-refractivity contribution is 0.00578. The van der Waals surface area contributed by atoms with E-state index in [9.17, 15) is 9.18 Å². The first-order chi connectivity index (χ1) is 11.2. The summed E-state index contributed by atoms with van der Waals surface area (Å²) < 4.78 is 26.2. The lowest BCUT2D eigenvalue weighted by Gasteiger charge is -2.32. The number of hydrogen-bond acceptors (Lipinski definition) is 3. The van der Waals surface area contributed by atoms with Crippen molar-refractivity contribution in [3.8, 4) is 0 Å². The van der Waals surface area contributed by atoms with Gasteiger partial charge in [0.25, 0.3) is 0 Å². The zero-order valence-corrected chi connectivity index (χ0v) is 14.7. The largest absolute Gasteiger partial charge is 0.494 e. The Morgan fingerprint density at radius 3 is 2.29 bits per heavy atom. The summed E-state index contributed by atoms with van der Waals surface area (Å²) in [4.78, 5) is 13.8. The molecular weight excluding hydrogens is 310 g/mol. The maximum atomic E-state index is 14.4. The molecule has 2 aliphatic rings. The minimum atomic E-state index is -0.618. The van der Waals surface area contributed by atoms with E-state index in [1.807, 2.05) is 27.7 Å². The molecule has 2 fully saturated rings. The van der Waals surface area contributed by atoms with Gasteiger partial charge in [0, 0.05) is 13.1 Å². The van der Waals surface area contributed by atoms with Crippen molar-refractivity contribution in [3.63, 3.8) is 0 Å². The molecule has 0 aliphatic carbocycles. The van der Waals surface area contributed by atoms with Crippen LogP contribution in [0.15, 0.2) is 18.2 Å². The summed E-state index contributed by atoms with van der Waals surface area (Å²) in [6, 6.07) is 4.39. The van der Waals surface area contributed by atoms with Crippen LogP contribution in [0.25, 0.3) is 0 Å². The van der Waals surface area contributed by atoms with E-state index in [0.29, 0.717) is 5.46 Å². The van der Waals surface area contributed by atoms with Gasteiger partial charge < -0.3 is 19.5 Å². The minimum absolute atomic E-state index is 0.173. The van der Waals surface area contributed by atoms with E-state index in [1.165, 1.54) is 6.07 Å². The highest BCUT2D eigenvalue weighted by molar-refractivity contribution is 6.62. The average molecular weight is 334 g/mol. The topological polar surface area (TPSA) is 50.8 Å². The van der Waals surface area contributed by atoms with Crippen LogP contribution in [0.3, 0.4) is 0 Å². The molecule has 1 aromatic rings. The van der Waals surface area contributed by atoms with Gasteiger partial charge in [-0.15, -0.1) is 0 Å². The molecule has 5 nitrogen and oxygen atoms in total. The number of anilines is 1. The monoisotopic (exact) mass is 334 g/mol. The molecule has 0 aromatic heterocycles. The number of amides is 2. The van der Waals surface area contributed by atoms with Gasteiger partial charge in [-0.05, 0) is 58.1 Å². The molecule has 0 unspecified atom stereocenters. The number of nitrogens with zero attached hydrogens (tertiary/aromatic N) is 1. The van der Waals surface area contributed by atoms with Crippen LogP contribution in [0.1, 0.15) is 40.5 Å². The van der Waals surface area contributed by atoms with Gasteiger partial charge in [-0.25, -0.2) is 9.18 Å². The Kier molecular flexibility index (Phi) is 4.34. The molecule has 3 rings (SSSR count). The summed E-state index contributed by atoms with van der Waals surface area (Å²) in [6.45, 7) is 9.25. The van der Waals surface area contributed by atoms with Crippen LogP contribution in [0.5, 0.6) is 0 Å². The molecular formula is C17H24BFN2O3. The molecule has 2 saturated heterocycles. The summed E-state index contributed by atoms with van der Waals surface area (Å²) >= 11 is 0. The third-order valence-corrected chi connectivity index (χ3v) is 5.15. The molecule has 0 spiro atoms. The van der Waals surface area contributed by atoms with Crippen molar-refractivity contribution < 1.29 is 18.5 Å². The molecule has 0 bridgehead atoms. The highest BCUT2D eigenvalue weighted by Gasteiger charge is 2.51. The number of hydrogen-bond donors (Lipinski definition) is 1. The molecule has 24 heavy (non-hydrogen) atoms. The van der Waals surface area contributed by atoms with E-state index in [0.717, 1.165) is 25.9 Å². The van der Waals surface area contributed by atoms with Crippen molar-refractivity contribution in [2.45, 2.75) is 51.7 Å². The Hall–Kier alpha value is -1.60. The van der Waals surface area contributed by atoms with Crippen LogP contribution in [-0.4, -0.2) is 42.3 Å². The normalized spacial score (nSPS) is 22.0. The number of nitrogens with one attached hydrogen (secondary N) is 1. The Balaban J connectivity index is 1.72. The van der Waals surface area contributed by atoms with Crippen molar-refractivity contribution in [2.24, 2.45) is 0 Å². The summed E-state index contributed by atoms with van der Waals surface area (Å²) in [5, 5.41) is 2.63. The maximum Gasteiger partial charge on any atom is 0.494 e. The first kappa shape index (κ1) is 17.2. The third-order valence-electron chi connectivity index (χ3n) is 5.15. The maximum absolute atomic E-state index is 14.4. The van der Waals surface area contributed by atoms with Gasteiger partial charge in [0.1, 0.15) is 5.82 Å². The van der Waals surface area contributed by atoms with Gasteiger partial charge in [-0.3, -0.25) is 0 Å². The van der Waals surface area contributed by atoms with Crippen molar-refractivity contribution in [1.29, 1.82) is 0 Å². The molecule has 0 saturated carbocycles. The zero-order valence-electron chi connectivity index (χ0n) is 14.7. The predicted octanol–water partition coefficient (Wildman–Crippen LogP) is 2.75. The standard InChI is InChI=1S/C17H24BFN2O3/c1-16(2)17(3,4)24-18(23-16)12-7-8-14(13(19)11-12)20-15(22)21-9-5-6-10-21/h7-8,11H,5-6,9-10H2,1-4H3,(H,20,22). The van der Waals surface area contributed by atoms with Crippen LogP contribution in [-0.2, 0) is 9.31 Å². The molecule has 1 aromatic carbocycles. The number of likely N-dealkylation sites (tertiary alicyclic amines) is 1. The van der Waals surface area contributed by atoms with Crippen LogP contribution in [0.4, 0.5) is 14.9 Å². The van der Waals surface area contributed by atoms with E-state index < -0.39 is 24.1 Å². The SMILES string of the molecule is CC1(C)OB(c2ccc(NC(=O)N3CCCC3)c(F)c2)OC1(C)C. The summed E-state index contributed by atoms with van der Waals surface area (Å²) in [5.74, 6) is -0.491. The Morgan fingerprint density at radius 1 is 1.17 bits per heavy atom. The van der Waals surface area contributed by atoms with Crippen molar-refractivity contribution in [2.75, 3.05) is 18.4 Å². The second-order valence-electron chi connectivity index (χ2n) is 7.45. The highest BCUT2D eigenvalue weighted by Crippen LogP contribution is 2.36. The quantitative estimate of drug-likeness (QED) is 0.846. The summed E-state index contributed by atoms with van der Waals surface area (Å²) in [5.41, 5.74) is -0.175. The fraction of sp³-hybridized carbons (Fsp3) is 0.588. The number of rotatable bonds is 2. The first-order valence-electron chi connectivity index (χ1n) is 8.41. The molecule has 2 heterocycles. The van der Waals surface area contributed by atoms with Gasteiger partial charge in [-0.1, -0.05) is 6.07 Å². The third kappa shape index (κ3) is 3.15. The van der Waals surface area contributed by atoms with Gasteiger partial charge in [0.2, 0.25) is 0 Å². The van der Waals surface area contributed by atoms with Crippen LogP contribution < -0.4 is 10.8 Å². The highest BCUT2D eigenvalue weighted by atomic mass is 19.1. The van der Waals surface area contributed by atoms with Gasteiger partial charge >= 0.3 is 13.1 Å². The lowest BCUT2D eigenvalue weighted by Crippen LogP contribution is -2.41. The van der Waals surface area contributed by atoms with Crippen molar-refractivity contribution in [1.82, 2.24) is 4.90 Å². The fourth-order valence-electron chi connectivity index (χ4n) is 2.87. The summed E-state index contributed by atoms with van der Waals surface area (Å²) in [6.07, 6.45) is 1.99. The lowest BCUT2D eigenvalue weighted by atomic mass is 9.79. The van der Waals surface area contributed by atoms with E-state index in [2.05, 4.69) is 5.32 Å². The molecule has 7 heteroatoms. The van der Waals surface area contributed by atoms with E-state index in [4.69, 9.17) is 9.31 Å².